The number of rotatable bonds is 2. The van der Waals surface area contributed by atoms with Crippen LogP contribution in [0.15, 0.2) is 28.7 Å². The van der Waals surface area contributed by atoms with Crippen molar-refractivity contribution in [2.24, 2.45) is 5.73 Å². The molecule has 1 aliphatic heterocycles. The zero-order valence-corrected chi connectivity index (χ0v) is 11.1. The Bertz CT molecular complexity index is 629. The molecule has 1 fully saturated rings. The predicted octanol–water partition coefficient (Wildman–Crippen LogP) is 2.78. The second-order valence-corrected chi connectivity index (χ2v) is 5.33. The van der Waals surface area contributed by atoms with E-state index in [2.05, 4.69) is 0 Å². The first-order valence-corrected chi connectivity index (χ1v) is 6.57. The van der Waals surface area contributed by atoms with E-state index in [0.717, 1.165) is 5.39 Å². The number of furan rings is 1. The Kier molecular flexibility index (Phi) is 3.09. The summed E-state index contributed by atoms with van der Waals surface area (Å²) >= 11 is 5.92. The lowest BCUT2D eigenvalue weighted by molar-refractivity contribution is 0.0432. The quantitative estimate of drug-likeness (QED) is 0.859. The summed E-state index contributed by atoms with van der Waals surface area (Å²) in [6.07, 6.45) is 1.03. The summed E-state index contributed by atoms with van der Waals surface area (Å²) in [6.45, 7) is 1.02. The normalized spacial score (nSPS) is 18.6. The van der Waals surface area contributed by atoms with Crippen LogP contribution >= 0.6 is 11.6 Å². The maximum absolute atomic E-state index is 12.5. The minimum absolute atomic E-state index is 0.164. The third kappa shape index (κ3) is 2.27. The highest BCUT2D eigenvalue weighted by atomic mass is 35.5. The van der Waals surface area contributed by atoms with Gasteiger partial charge < -0.3 is 14.9 Å². The molecule has 3 rings (SSSR count). The molecule has 5 heteroatoms. The van der Waals surface area contributed by atoms with Gasteiger partial charge in [0.25, 0.3) is 0 Å². The lowest BCUT2D eigenvalue weighted by Crippen LogP contribution is -2.51. The van der Waals surface area contributed by atoms with Gasteiger partial charge in [-0.1, -0.05) is 11.6 Å². The molecule has 2 aromatic rings. The highest BCUT2D eigenvalue weighted by molar-refractivity contribution is 6.31. The fourth-order valence-corrected chi connectivity index (χ4v) is 2.51. The van der Waals surface area contributed by atoms with Crippen molar-refractivity contribution >= 4 is 28.4 Å². The SMILES string of the molecule is NC1(C(=O)c2cc3cc(Cl)ccc3o2)CCOCC1. The van der Waals surface area contributed by atoms with E-state index in [4.69, 9.17) is 26.5 Å². The van der Waals surface area contributed by atoms with E-state index in [1.807, 2.05) is 0 Å². The van der Waals surface area contributed by atoms with Gasteiger partial charge in [-0.2, -0.15) is 0 Å². The standard InChI is InChI=1S/C14H14ClNO3/c15-10-1-2-11-9(7-10)8-12(19-11)13(17)14(16)3-5-18-6-4-14/h1-2,7-8H,3-6,16H2. The number of nitrogens with two attached hydrogens (primary N) is 1. The summed E-state index contributed by atoms with van der Waals surface area (Å²) in [6, 6.07) is 6.95. The fraction of sp³-hybridized carbons (Fsp3) is 0.357. The van der Waals surface area contributed by atoms with Crippen molar-refractivity contribution in [1.29, 1.82) is 0 Å². The van der Waals surface area contributed by atoms with Gasteiger partial charge >= 0.3 is 0 Å². The van der Waals surface area contributed by atoms with Crippen molar-refractivity contribution in [1.82, 2.24) is 0 Å². The number of hydrogen-bond acceptors (Lipinski definition) is 4. The topological polar surface area (TPSA) is 65.5 Å². The molecule has 19 heavy (non-hydrogen) atoms. The van der Waals surface area contributed by atoms with Crippen molar-refractivity contribution in [3.63, 3.8) is 0 Å². The third-order valence-corrected chi connectivity index (χ3v) is 3.77. The number of hydrogen-bond donors (Lipinski definition) is 1. The van der Waals surface area contributed by atoms with E-state index in [9.17, 15) is 4.79 Å². The summed E-state index contributed by atoms with van der Waals surface area (Å²) in [4.78, 5) is 12.5. The molecule has 4 nitrogen and oxygen atoms in total. The molecule has 0 radical (unpaired) electrons. The fourth-order valence-electron chi connectivity index (χ4n) is 2.33. The second-order valence-electron chi connectivity index (χ2n) is 4.89. The Hall–Kier alpha value is -1.36. The summed E-state index contributed by atoms with van der Waals surface area (Å²) < 4.78 is 10.8. The maximum atomic E-state index is 12.5. The van der Waals surface area contributed by atoms with Gasteiger partial charge in [0.2, 0.25) is 5.78 Å². The first kappa shape index (κ1) is 12.7. The monoisotopic (exact) mass is 279 g/mol. The van der Waals surface area contributed by atoms with Crippen LogP contribution in [-0.2, 0) is 4.74 Å². The number of benzene rings is 1. The molecule has 100 valence electrons. The molecule has 0 spiro atoms. The smallest absolute Gasteiger partial charge is 0.217 e. The number of carbonyl (C=O) groups excluding carboxylic acids is 1. The first-order chi connectivity index (χ1) is 9.08. The van der Waals surface area contributed by atoms with Crippen LogP contribution in [0, 0.1) is 0 Å². The van der Waals surface area contributed by atoms with Crippen LogP contribution in [-0.4, -0.2) is 24.5 Å². The minimum atomic E-state index is -0.879. The van der Waals surface area contributed by atoms with Crippen molar-refractivity contribution in [3.8, 4) is 0 Å². The molecule has 0 unspecified atom stereocenters. The van der Waals surface area contributed by atoms with Crippen LogP contribution in [0.25, 0.3) is 11.0 Å². The number of carbonyl (C=O) groups is 1. The zero-order chi connectivity index (χ0) is 13.5. The Morgan fingerprint density at radius 2 is 2.00 bits per heavy atom. The Morgan fingerprint density at radius 1 is 1.26 bits per heavy atom. The van der Waals surface area contributed by atoms with E-state index in [-0.39, 0.29) is 5.78 Å². The number of halogens is 1. The molecule has 0 amide bonds. The van der Waals surface area contributed by atoms with E-state index in [1.54, 1.807) is 24.3 Å². The van der Waals surface area contributed by atoms with Crippen molar-refractivity contribution in [2.75, 3.05) is 13.2 Å². The molecule has 0 bridgehead atoms. The highest BCUT2D eigenvalue weighted by Gasteiger charge is 2.38. The van der Waals surface area contributed by atoms with Crippen LogP contribution in [0.1, 0.15) is 23.4 Å². The molecule has 0 aliphatic carbocycles. The van der Waals surface area contributed by atoms with Crippen LogP contribution in [0.5, 0.6) is 0 Å². The lowest BCUT2D eigenvalue weighted by atomic mass is 9.85. The minimum Gasteiger partial charge on any atom is -0.453 e. The molecule has 1 aromatic carbocycles. The van der Waals surface area contributed by atoms with E-state index in [0.29, 0.717) is 42.4 Å². The lowest BCUT2D eigenvalue weighted by Gasteiger charge is -2.30. The van der Waals surface area contributed by atoms with Crippen molar-refractivity contribution in [2.45, 2.75) is 18.4 Å². The third-order valence-electron chi connectivity index (χ3n) is 3.54. The van der Waals surface area contributed by atoms with Crippen LogP contribution in [0.4, 0.5) is 0 Å². The predicted molar refractivity (Wildman–Crippen MR) is 72.5 cm³/mol. The van der Waals surface area contributed by atoms with Gasteiger partial charge in [0.1, 0.15) is 5.58 Å². The maximum Gasteiger partial charge on any atom is 0.217 e. The number of fused-ring (bicyclic) bond motifs is 1. The van der Waals surface area contributed by atoms with E-state index < -0.39 is 5.54 Å². The van der Waals surface area contributed by atoms with Crippen molar-refractivity contribution in [3.05, 3.63) is 35.0 Å². The summed E-state index contributed by atoms with van der Waals surface area (Å²) in [7, 11) is 0. The Labute approximate surface area is 115 Å². The van der Waals surface area contributed by atoms with E-state index >= 15 is 0 Å². The van der Waals surface area contributed by atoms with Crippen LogP contribution < -0.4 is 5.73 Å². The molecular formula is C14H14ClNO3. The second kappa shape index (κ2) is 4.63. The number of ketones is 1. The van der Waals surface area contributed by atoms with Gasteiger partial charge in [-0.15, -0.1) is 0 Å². The van der Waals surface area contributed by atoms with Gasteiger partial charge in [-0.3, -0.25) is 4.79 Å². The molecular weight excluding hydrogens is 266 g/mol. The molecule has 0 atom stereocenters. The van der Waals surface area contributed by atoms with Gasteiger partial charge in [0.05, 0.1) is 5.54 Å². The Morgan fingerprint density at radius 3 is 2.74 bits per heavy atom. The van der Waals surface area contributed by atoms with Crippen LogP contribution in [0.2, 0.25) is 5.02 Å². The van der Waals surface area contributed by atoms with Crippen molar-refractivity contribution < 1.29 is 13.9 Å². The summed E-state index contributed by atoms with van der Waals surface area (Å²) in [5.74, 6) is 0.129. The average Bonchev–Trinajstić information content (AvgIpc) is 2.81. The molecule has 0 saturated carbocycles. The number of Topliss-reactive ketones (excluding diaryl/α,β-unsaturated/α-hetero) is 1. The first-order valence-electron chi connectivity index (χ1n) is 6.19. The van der Waals surface area contributed by atoms with Crippen LogP contribution in [0.3, 0.4) is 0 Å². The van der Waals surface area contributed by atoms with Gasteiger partial charge in [0.15, 0.2) is 5.76 Å². The average molecular weight is 280 g/mol. The van der Waals surface area contributed by atoms with Gasteiger partial charge in [0, 0.05) is 23.6 Å². The summed E-state index contributed by atoms with van der Waals surface area (Å²) in [5.41, 5.74) is 5.93. The van der Waals surface area contributed by atoms with E-state index in [1.165, 1.54) is 0 Å². The highest BCUT2D eigenvalue weighted by Crippen LogP contribution is 2.28. The largest absolute Gasteiger partial charge is 0.453 e. The molecule has 1 saturated heterocycles. The number of ether oxygens (including phenoxy) is 1. The van der Waals surface area contributed by atoms with Gasteiger partial charge in [-0.25, -0.2) is 0 Å². The Balaban J connectivity index is 1.97. The zero-order valence-electron chi connectivity index (χ0n) is 10.3. The van der Waals surface area contributed by atoms with Gasteiger partial charge in [-0.05, 0) is 37.1 Å². The molecule has 2 N–H and O–H groups in total. The molecule has 1 aromatic heterocycles. The molecule has 1 aliphatic rings. The summed E-state index contributed by atoms with van der Waals surface area (Å²) in [5, 5.41) is 1.42. The molecule has 2 heterocycles.